The number of aromatic carboxylic acids is 1. The number of nitriles is 1. The maximum atomic E-state index is 12.4. The quantitative estimate of drug-likeness (QED) is 0.598. The van der Waals surface area contributed by atoms with Crippen LogP contribution in [0.5, 0.6) is 0 Å². The Morgan fingerprint density at radius 2 is 1.69 bits per heavy atom. The van der Waals surface area contributed by atoms with E-state index in [1.165, 1.54) is 0 Å². The summed E-state index contributed by atoms with van der Waals surface area (Å²) in [6.45, 7) is 3.61. The number of amides is 1. The zero-order valence-electron chi connectivity index (χ0n) is 17.9. The zero-order chi connectivity index (χ0) is 22.8. The third-order valence-corrected chi connectivity index (χ3v) is 5.84. The summed E-state index contributed by atoms with van der Waals surface area (Å²) in [6.07, 6.45) is 0.730. The average molecular weight is 425 g/mol. The van der Waals surface area contributed by atoms with E-state index in [-0.39, 0.29) is 23.6 Å². The molecule has 0 radical (unpaired) electrons. The highest BCUT2D eigenvalue weighted by atomic mass is 16.4. The van der Waals surface area contributed by atoms with Gasteiger partial charge in [-0.3, -0.25) is 4.79 Å². The van der Waals surface area contributed by atoms with Gasteiger partial charge in [-0.2, -0.15) is 5.26 Å². The Balaban J connectivity index is 1.74. The summed E-state index contributed by atoms with van der Waals surface area (Å²) in [4.78, 5) is 25.4. The molecule has 3 aromatic carbocycles. The Morgan fingerprint density at radius 1 is 1.03 bits per heavy atom. The largest absolute Gasteiger partial charge is 0.478 e. The van der Waals surface area contributed by atoms with Crippen LogP contribution >= 0.6 is 0 Å². The number of anilines is 2. The van der Waals surface area contributed by atoms with Crippen LogP contribution in [0.25, 0.3) is 11.1 Å². The smallest absolute Gasteiger partial charge is 0.335 e. The number of carbonyl (C=O) groups is 2. The molecule has 2 atom stereocenters. The highest BCUT2D eigenvalue weighted by Gasteiger charge is 2.32. The van der Waals surface area contributed by atoms with Crippen molar-refractivity contribution in [3.63, 3.8) is 0 Å². The van der Waals surface area contributed by atoms with Gasteiger partial charge in [0.25, 0.3) is 0 Å². The third-order valence-electron chi connectivity index (χ3n) is 5.84. The molecule has 0 fully saturated rings. The minimum absolute atomic E-state index is 0.00543. The topological polar surface area (TPSA) is 93.4 Å². The molecule has 160 valence electrons. The fraction of sp³-hybridized carbons (Fsp3) is 0.192. The summed E-state index contributed by atoms with van der Waals surface area (Å²) < 4.78 is 0. The Labute approximate surface area is 186 Å². The van der Waals surface area contributed by atoms with Crippen LogP contribution < -0.4 is 10.2 Å². The number of rotatable bonds is 4. The summed E-state index contributed by atoms with van der Waals surface area (Å²) in [5.41, 5.74) is 5.47. The Bertz CT molecular complexity index is 1210. The van der Waals surface area contributed by atoms with E-state index in [0.717, 1.165) is 34.5 Å². The van der Waals surface area contributed by atoms with Crippen molar-refractivity contribution in [3.05, 3.63) is 83.4 Å². The number of hydrogen-bond donors (Lipinski definition) is 2. The summed E-state index contributed by atoms with van der Waals surface area (Å²) >= 11 is 0. The lowest BCUT2D eigenvalue weighted by Crippen LogP contribution is -2.43. The molecule has 0 spiro atoms. The summed E-state index contributed by atoms with van der Waals surface area (Å²) in [6, 6.07) is 22.2. The van der Waals surface area contributed by atoms with Crippen LogP contribution in [-0.4, -0.2) is 23.0 Å². The van der Waals surface area contributed by atoms with Crippen molar-refractivity contribution in [2.75, 3.05) is 10.2 Å². The second-order valence-corrected chi connectivity index (χ2v) is 8.02. The Kier molecular flexibility index (Phi) is 5.65. The number of fused-ring (bicyclic) bond motifs is 1. The van der Waals surface area contributed by atoms with E-state index in [0.29, 0.717) is 5.56 Å². The molecular weight excluding hydrogens is 402 g/mol. The first-order valence-corrected chi connectivity index (χ1v) is 10.4. The van der Waals surface area contributed by atoms with Gasteiger partial charge in [0, 0.05) is 24.3 Å². The van der Waals surface area contributed by atoms with Crippen molar-refractivity contribution in [3.8, 4) is 17.2 Å². The maximum Gasteiger partial charge on any atom is 0.335 e. The number of nitrogens with one attached hydrogen (secondary N) is 1. The Morgan fingerprint density at radius 3 is 2.28 bits per heavy atom. The van der Waals surface area contributed by atoms with Crippen LogP contribution in [0.4, 0.5) is 11.4 Å². The molecule has 0 saturated heterocycles. The van der Waals surface area contributed by atoms with Crippen molar-refractivity contribution in [1.82, 2.24) is 0 Å². The van der Waals surface area contributed by atoms with Crippen molar-refractivity contribution in [1.29, 1.82) is 5.26 Å². The number of benzene rings is 3. The van der Waals surface area contributed by atoms with Gasteiger partial charge < -0.3 is 15.3 Å². The lowest BCUT2D eigenvalue weighted by atomic mass is 9.88. The first kappa shape index (κ1) is 21.1. The van der Waals surface area contributed by atoms with E-state index in [4.69, 9.17) is 10.4 Å². The molecule has 1 heterocycles. The highest BCUT2D eigenvalue weighted by Crippen LogP contribution is 2.41. The molecule has 0 bridgehead atoms. The van der Waals surface area contributed by atoms with Crippen LogP contribution in [-0.2, 0) is 4.79 Å². The fourth-order valence-corrected chi connectivity index (χ4v) is 4.31. The molecule has 0 aromatic heterocycles. The minimum atomic E-state index is -0.959. The number of carbonyl (C=O) groups excluding carboxylic acids is 1. The third kappa shape index (κ3) is 4.06. The van der Waals surface area contributed by atoms with Gasteiger partial charge in [-0.25, -0.2) is 4.79 Å². The van der Waals surface area contributed by atoms with Crippen molar-refractivity contribution in [2.45, 2.75) is 32.4 Å². The molecular formula is C26H23N3O3. The van der Waals surface area contributed by atoms with E-state index in [9.17, 15) is 9.59 Å². The van der Waals surface area contributed by atoms with Crippen molar-refractivity contribution < 1.29 is 14.7 Å². The molecule has 1 amide bonds. The fourth-order valence-electron chi connectivity index (χ4n) is 4.31. The van der Waals surface area contributed by atoms with Gasteiger partial charge in [0.1, 0.15) is 0 Å². The molecule has 1 aliphatic rings. The lowest BCUT2D eigenvalue weighted by Gasteiger charge is -2.39. The molecule has 0 saturated carbocycles. The second-order valence-electron chi connectivity index (χ2n) is 8.02. The van der Waals surface area contributed by atoms with Gasteiger partial charge in [0.2, 0.25) is 5.91 Å². The van der Waals surface area contributed by atoms with E-state index < -0.39 is 5.97 Å². The molecule has 2 N–H and O–H groups in total. The molecule has 3 aromatic rings. The number of nitrogens with zero attached hydrogens (tertiary/aromatic N) is 2. The van der Waals surface area contributed by atoms with Crippen LogP contribution in [0.15, 0.2) is 66.7 Å². The highest BCUT2D eigenvalue weighted by molar-refractivity contribution is 5.94. The predicted molar refractivity (Wildman–Crippen MR) is 124 cm³/mol. The first-order chi connectivity index (χ1) is 15.4. The number of carboxylic acids is 1. The molecule has 6 heteroatoms. The summed E-state index contributed by atoms with van der Waals surface area (Å²) in [7, 11) is 0. The monoisotopic (exact) mass is 425 g/mol. The summed E-state index contributed by atoms with van der Waals surface area (Å²) in [5.74, 6) is -0.964. The van der Waals surface area contributed by atoms with E-state index in [1.807, 2.05) is 36.1 Å². The average Bonchev–Trinajstić information content (AvgIpc) is 2.79. The van der Waals surface area contributed by atoms with Crippen LogP contribution in [0.3, 0.4) is 0 Å². The van der Waals surface area contributed by atoms with Gasteiger partial charge in [-0.15, -0.1) is 0 Å². The summed E-state index contributed by atoms with van der Waals surface area (Å²) in [5, 5.41) is 21.8. The number of hydrogen-bond acceptors (Lipinski definition) is 4. The van der Waals surface area contributed by atoms with Crippen molar-refractivity contribution in [2.24, 2.45) is 0 Å². The van der Waals surface area contributed by atoms with Crippen molar-refractivity contribution >= 4 is 23.3 Å². The van der Waals surface area contributed by atoms with Gasteiger partial charge in [-0.1, -0.05) is 18.2 Å². The SMILES string of the molecule is CC(=O)N1c2ccc(-c3ccc(C(=O)O)cc3)cc2C(Nc2ccc(C#N)cc2)CC1C. The normalized spacial score (nSPS) is 17.2. The number of carboxylic acid groups (broad SMARTS) is 1. The standard InChI is InChI=1S/C26H23N3O3/c1-16-13-24(28-22-10-3-18(15-27)4-11-22)23-14-21(9-12-25(23)29(16)17(2)30)19-5-7-20(8-6-19)26(31)32/h3-12,14,16,24,28H,13H2,1-2H3,(H,31,32). The first-order valence-electron chi connectivity index (χ1n) is 10.4. The van der Waals surface area contributed by atoms with Gasteiger partial charge >= 0.3 is 5.97 Å². The van der Waals surface area contributed by atoms with Gasteiger partial charge in [0.05, 0.1) is 23.2 Å². The predicted octanol–water partition coefficient (Wildman–Crippen LogP) is 5.22. The maximum absolute atomic E-state index is 12.4. The van der Waals surface area contributed by atoms with Gasteiger partial charge in [-0.05, 0) is 78.6 Å². The second kappa shape index (κ2) is 8.56. The van der Waals surface area contributed by atoms with Gasteiger partial charge in [0.15, 0.2) is 0 Å². The molecule has 4 rings (SSSR count). The zero-order valence-corrected chi connectivity index (χ0v) is 17.9. The van der Waals surface area contributed by atoms with Crippen LogP contribution in [0, 0.1) is 11.3 Å². The van der Waals surface area contributed by atoms with E-state index in [1.54, 1.807) is 43.3 Å². The molecule has 2 unspecified atom stereocenters. The Hall–Kier alpha value is -4.11. The molecule has 0 aliphatic carbocycles. The van der Waals surface area contributed by atoms with Crippen LogP contribution in [0.2, 0.25) is 0 Å². The molecule has 1 aliphatic heterocycles. The molecule has 32 heavy (non-hydrogen) atoms. The molecule has 6 nitrogen and oxygen atoms in total. The van der Waals surface area contributed by atoms with E-state index in [2.05, 4.69) is 17.5 Å². The minimum Gasteiger partial charge on any atom is -0.478 e. The lowest BCUT2D eigenvalue weighted by molar-refractivity contribution is -0.117. The van der Waals surface area contributed by atoms with E-state index >= 15 is 0 Å². The van der Waals surface area contributed by atoms with Crippen LogP contribution in [0.1, 0.15) is 47.8 Å².